The minimum absolute atomic E-state index is 0.520. The Labute approximate surface area is 109 Å². The van der Waals surface area contributed by atoms with Crippen molar-refractivity contribution in [1.29, 1.82) is 0 Å². The third kappa shape index (κ3) is 2.76. The summed E-state index contributed by atoms with van der Waals surface area (Å²) in [5.74, 6) is 0. The molecule has 0 aliphatic carbocycles. The number of aromatic nitrogens is 5. The number of nitrogens with zero attached hydrogens (tertiary/aromatic N) is 5. The SMILES string of the molecule is CCCc1c(Cl)ncnc1Sc1nncn1C. The predicted molar refractivity (Wildman–Crippen MR) is 66.2 cm³/mol. The standard InChI is InChI=1S/C10H12ClN5S/c1-3-4-7-8(11)12-5-13-9(7)17-10-15-14-6-16(10)2/h5-6H,3-4H2,1-2H3. The van der Waals surface area contributed by atoms with Gasteiger partial charge in [-0.3, -0.25) is 0 Å². The molecule has 0 aromatic carbocycles. The number of hydrogen-bond donors (Lipinski definition) is 0. The first kappa shape index (κ1) is 12.3. The first-order chi connectivity index (χ1) is 8.22. The highest BCUT2D eigenvalue weighted by molar-refractivity contribution is 7.99. The first-order valence-electron chi connectivity index (χ1n) is 5.23. The summed E-state index contributed by atoms with van der Waals surface area (Å²) in [5.41, 5.74) is 0.977. The Bertz CT molecular complexity index is 513. The second kappa shape index (κ2) is 5.46. The van der Waals surface area contributed by atoms with E-state index < -0.39 is 0 Å². The number of hydrogen-bond acceptors (Lipinski definition) is 5. The summed E-state index contributed by atoms with van der Waals surface area (Å²) in [6, 6.07) is 0. The Balaban J connectivity index is 2.32. The van der Waals surface area contributed by atoms with E-state index in [9.17, 15) is 0 Å². The van der Waals surface area contributed by atoms with Gasteiger partial charge in [0.2, 0.25) is 0 Å². The van der Waals surface area contributed by atoms with Crippen molar-refractivity contribution >= 4 is 23.4 Å². The minimum Gasteiger partial charge on any atom is -0.311 e. The quantitative estimate of drug-likeness (QED) is 0.798. The molecule has 2 aromatic heterocycles. The second-order valence-electron chi connectivity index (χ2n) is 3.52. The smallest absolute Gasteiger partial charge is 0.197 e. The first-order valence-corrected chi connectivity index (χ1v) is 6.43. The third-order valence-corrected chi connectivity index (χ3v) is 3.63. The largest absolute Gasteiger partial charge is 0.311 e. The maximum absolute atomic E-state index is 6.08. The zero-order valence-corrected chi connectivity index (χ0v) is 11.2. The lowest BCUT2D eigenvalue weighted by atomic mass is 10.2. The lowest BCUT2D eigenvalue weighted by Crippen LogP contribution is -1.97. The molecule has 0 aliphatic heterocycles. The summed E-state index contributed by atoms with van der Waals surface area (Å²) in [6.45, 7) is 2.10. The normalized spacial score (nSPS) is 10.8. The number of aryl methyl sites for hydroxylation is 1. The van der Waals surface area contributed by atoms with Crippen molar-refractivity contribution in [3.05, 3.63) is 23.4 Å². The maximum Gasteiger partial charge on any atom is 0.197 e. The molecular weight excluding hydrogens is 258 g/mol. The van der Waals surface area contributed by atoms with Gasteiger partial charge in [0.05, 0.1) is 0 Å². The van der Waals surface area contributed by atoms with Crippen molar-refractivity contribution in [1.82, 2.24) is 24.7 Å². The van der Waals surface area contributed by atoms with Crippen LogP contribution in [0.5, 0.6) is 0 Å². The molecule has 0 saturated carbocycles. The molecule has 5 nitrogen and oxygen atoms in total. The van der Waals surface area contributed by atoms with Gasteiger partial charge in [-0.25, -0.2) is 9.97 Å². The van der Waals surface area contributed by atoms with Gasteiger partial charge in [-0.2, -0.15) is 0 Å². The molecule has 0 unspecified atom stereocenters. The molecule has 0 saturated heterocycles. The summed E-state index contributed by atoms with van der Waals surface area (Å²) in [7, 11) is 1.89. The van der Waals surface area contributed by atoms with E-state index in [1.165, 1.54) is 18.1 Å². The van der Waals surface area contributed by atoms with Crippen LogP contribution >= 0.6 is 23.4 Å². The van der Waals surface area contributed by atoms with Gasteiger partial charge in [0.15, 0.2) is 5.16 Å². The summed E-state index contributed by atoms with van der Waals surface area (Å²) in [5, 5.41) is 10.0. The molecule has 17 heavy (non-hydrogen) atoms. The maximum atomic E-state index is 6.08. The van der Waals surface area contributed by atoms with Crippen LogP contribution in [0.25, 0.3) is 0 Å². The monoisotopic (exact) mass is 269 g/mol. The van der Waals surface area contributed by atoms with Gasteiger partial charge in [0.25, 0.3) is 0 Å². The van der Waals surface area contributed by atoms with Crippen LogP contribution in [0.4, 0.5) is 0 Å². The fraction of sp³-hybridized carbons (Fsp3) is 0.400. The van der Waals surface area contributed by atoms with Crippen LogP contribution in [-0.2, 0) is 13.5 Å². The molecule has 0 atom stereocenters. The van der Waals surface area contributed by atoms with Crippen molar-refractivity contribution in [2.75, 3.05) is 0 Å². The van der Waals surface area contributed by atoms with Gasteiger partial charge >= 0.3 is 0 Å². The Morgan fingerprint density at radius 1 is 1.41 bits per heavy atom. The fourth-order valence-corrected chi connectivity index (χ4v) is 2.53. The van der Waals surface area contributed by atoms with E-state index in [0.717, 1.165) is 28.6 Å². The molecular formula is C10H12ClN5S. The summed E-state index contributed by atoms with van der Waals surface area (Å²) in [4.78, 5) is 8.27. The van der Waals surface area contributed by atoms with Crippen molar-refractivity contribution in [3.8, 4) is 0 Å². The number of halogens is 1. The second-order valence-corrected chi connectivity index (χ2v) is 4.84. The molecule has 7 heteroatoms. The van der Waals surface area contributed by atoms with E-state index in [2.05, 4.69) is 27.1 Å². The topological polar surface area (TPSA) is 56.5 Å². The van der Waals surface area contributed by atoms with Crippen LogP contribution in [0.3, 0.4) is 0 Å². The highest BCUT2D eigenvalue weighted by atomic mass is 35.5. The van der Waals surface area contributed by atoms with Crippen molar-refractivity contribution < 1.29 is 0 Å². The van der Waals surface area contributed by atoms with Crippen LogP contribution < -0.4 is 0 Å². The molecule has 0 N–H and O–H groups in total. The van der Waals surface area contributed by atoms with E-state index in [-0.39, 0.29) is 0 Å². The van der Waals surface area contributed by atoms with Gasteiger partial charge in [-0.15, -0.1) is 10.2 Å². The molecule has 0 fully saturated rings. The molecule has 90 valence electrons. The molecule has 2 aromatic rings. The van der Waals surface area contributed by atoms with Gasteiger partial charge < -0.3 is 4.57 Å². The zero-order valence-electron chi connectivity index (χ0n) is 9.59. The van der Waals surface area contributed by atoms with Crippen molar-refractivity contribution in [2.45, 2.75) is 29.9 Å². The lowest BCUT2D eigenvalue weighted by Gasteiger charge is -2.07. The predicted octanol–water partition coefficient (Wildman–Crippen LogP) is 2.36. The summed E-state index contributed by atoms with van der Waals surface area (Å²) >= 11 is 7.54. The van der Waals surface area contributed by atoms with Crippen LogP contribution in [0, 0.1) is 0 Å². The van der Waals surface area contributed by atoms with Crippen LogP contribution in [0.1, 0.15) is 18.9 Å². The Morgan fingerprint density at radius 3 is 2.88 bits per heavy atom. The average molecular weight is 270 g/mol. The van der Waals surface area contributed by atoms with Crippen molar-refractivity contribution in [3.63, 3.8) is 0 Å². The summed E-state index contributed by atoms with van der Waals surface area (Å²) in [6.07, 6.45) is 4.99. The van der Waals surface area contributed by atoms with E-state index >= 15 is 0 Å². The molecule has 0 spiro atoms. The average Bonchev–Trinajstić information content (AvgIpc) is 2.70. The molecule has 0 amide bonds. The third-order valence-electron chi connectivity index (χ3n) is 2.21. The van der Waals surface area contributed by atoms with E-state index in [4.69, 9.17) is 11.6 Å². The van der Waals surface area contributed by atoms with E-state index in [0.29, 0.717) is 5.15 Å². The molecule has 0 aliphatic rings. The Kier molecular flexibility index (Phi) is 3.96. The highest BCUT2D eigenvalue weighted by Gasteiger charge is 2.12. The van der Waals surface area contributed by atoms with E-state index in [1.807, 2.05) is 11.6 Å². The van der Waals surface area contributed by atoms with Crippen molar-refractivity contribution in [2.24, 2.45) is 7.05 Å². The zero-order chi connectivity index (χ0) is 12.3. The fourth-order valence-electron chi connectivity index (χ4n) is 1.38. The Morgan fingerprint density at radius 2 is 2.24 bits per heavy atom. The minimum atomic E-state index is 0.520. The molecule has 0 radical (unpaired) electrons. The van der Waals surface area contributed by atoms with Gasteiger partial charge in [0.1, 0.15) is 22.8 Å². The molecule has 0 bridgehead atoms. The molecule has 2 rings (SSSR count). The number of rotatable bonds is 4. The summed E-state index contributed by atoms with van der Waals surface area (Å²) < 4.78 is 1.84. The van der Waals surface area contributed by atoms with Crippen LogP contribution in [0.2, 0.25) is 5.15 Å². The molecule has 2 heterocycles. The van der Waals surface area contributed by atoms with E-state index in [1.54, 1.807) is 6.33 Å². The van der Waals surface area contributed by atoms with Crippen LogP contribution in [-0.4, -0.2) is 24.7 Å². The Hall–Kier alpha value is -1.14. The lowest BCUT2D eigenvalue weighted by molar-refractivity contribution is 0.783. The van der Waals surface area contributed by atoms with Gasteiger partial charge in [0, 0.05) is 12.6 Å². The van der Waals surface area contributed by atoms with Crippen LogP contribution in [0.15, 0.2) is 22.8 Å². The highest BCUT2D eigenvalue weighted by Crippen LogP contribution is 2.30. The van der Waals surface area contributed by atoms with Gasteiger partial charge in [-0.05, 0) is 18.2 Å². The van der Waals surface area contributed by atoms with Gasteiger partial charge in [-0.1, -0.05) is 24.9 Å².